The molecule has 2 N–H and O–H groups in total. The van der Waals surface area contributed by atoms with Gasteiger partial charge in [-0.2, -0.15) is 0 Å². The van der Waals surface area contributed by atoms with E-state index in [1.807, 2.05) is 0 Å². The first-order valence-electron chi connectivity index (χ1n) is 7.75. The van der Waals surface area contributed by atoms with Gasteiger partial charge in [0, 0.05) is 26.7 Å². The van der Waals surface area contributed by atoms with Crippen molar-refractivity contribution in [3.05, 3.63) is 52.9 Å². The molecule has 8 nitrogen and oxygen atoms in total. The van der Waals surface area contributed by atoms with Crippen LogP contribution < -0.4 is 15.7 Å². The molecule has 0 bridgehead atoms. The van der Waals surface area contributed by atoms with Crippen molar-refractivity contribution >= 4 is 38.3 Å². The molecule has 3 rings (SSSR count). The van der Waals surface area contributed by atoms with Crippen LogP contribution in [0.1, 0.15) is 6.92 Å². The van der Waals surface area contributed by atoms with E-state index in [1.165, 1.54) is 40.3 Å². The molecule has 9 heteroatoms. The molecule has 1 aromatic heterocycles. The van der Waals surface area contributed by atoms with E-state index in [0.29, 0.717) is 22.4 Å². The lowest BCUT2D eigenvalue weighted by molar-refractivity contribution is -0.114. The molecule has 1 heterocycles. The van der Waals surface area contributed by atoms with Gasteiger partial charge in [-0.1, -0.05) is 0 Å². The van der Waals surface area contributed by atoms with E-state index in [2.05, 4.69) is 10.0 Å². The van der Waals surface area contributed by atoms with Crippen molar-refractivity contribution in [1.82, 2.24) is 9.13 Å². The fourth-order valence-electron chi connectivity index (χ4n) is 2.71. The monoisotopic (exact) mass is 374 g/mol. The van der Waals surface area contributed by atoms with E-state index >= 15 is 0 Å². The van der Waals surface area contributed by atoms with Crippen LogP contribution in [-0.4, -0.2) is 23.5 Å². The summed E-state index contributed by atoms with van der Waals surface area (Å²) in [5, 5.41) is 2.58. The van der Waals surface area contributed by atoms with Crippen molar-refractivity contribution in [1.29, 1.82) is 0 Å². The molecule has 0 aliphatic heterocycles. The Morgan fingerprint density at radius 3 is 2.12 bits per heavy atom. The number of sulfonamides is 1. The Labute approximate surface area is 150 Å². The van der Waals surface area contributed by atoms with Gasteiger partial charge >= 0.3 is 5.69 Å². The minimum Gasteiger partial charge on any atom is -0.326 e. The van der Waals surface area contributed by atoms with Crippen molar-refractivity contribution in [2.24, 2.45) is 14.1 Å². The van der Waals surface area contributed by atoms with Crippen LogP contribution in [0.15, 0.2) is 52.2 Å². The van der Waals surface area contributed by atoms with E-state index in [4.69, 9.17) is 0 Å². The number of rotatable bonds is 4. The third kappa shape index (κ3) is 3.21. The molecule has 0 atom stereocenters. The predicted octanol–water partition coefficient (Wildman–Crippen LogP) is 1.64. The summed E-state index contributed by atoms with van der Waals surface area (Å²) in [4.78, 5) is 23.1. The zero-order valence-electron chi connectivity index (χ0n) is 14.5. The number of carbonyl (C=O) groups excluding carboxylic acids is 1. The van der Waals surface area contributed by atoms with Crippen LogP contribution in [0.3, 0.4) is 0 Å². The molecule has 0 aliphatic rings. The second-order valence-corrected chi connectivity index (χ2v) is 7.60. The minimum atomic E-state index is -3.80. The minimum absolute atomic E-state index is 0.0636. The third-order valence-corrected chi connectivity index (χ3v) is 5.41. The molecule has 26 heavy (non-hydrogen) atoms. The molecule has 0 fully saturated rings. The zero-order chi connectivity index (χ0) is 19.1. The average Bonchev–Trinajstić information content (AvgIpc) is 2.79. The largest absolute Gasteiger partial charge is 0.328 e. The van der Waals surface area contributed by atoms with Crippen LogP contribution in [0.4, 0.5) is 11.4 Å². The van der Waals surface area contributed by atoms with Gasteiger partial charge in [-0.3, -0.25) is 18.7 Å². The summed E-state index contributed by atoms with van der Waals surface area (Å²) in [5.74, 6) is -0.236. The van der Waals surface area contributed by atoms with E-state index in [-0.39, 0.29) is 16.5 Å². The lowest BCUT2D eigenvalue weighted by Gasteiger charge is -2.09. The first-order valence-corrected chi connectivity index (χ1v) is 9.23. The number of benzene rings is 2. The molecule has 0 unspecified atom stereocenters. The Balaban J connectivity index is 1.92. The van der Waals surface area contributed by atoms with Crippen molar-refractivity contribution in [2.45, 2.75) is 11.8 Å². The number of aryl methyl sites for hydroxylation is 2. The number of imidazole rings is 1. The first kappa shape index (κ1) is 17.7. The number of anilines is 2. The van der Waals surface area contributed by atoms with Gasteiger partial charge in [0.2, 0.25) is 5.91 Å². The molecule has 0 saturated heterocycles. The maximum Gasteiger partial charge on any atom is 0.328 e. The van der Waals surface area contributed by atoms with Crippen molar-refractivity contribution in [3.8, 4) is 0 Å². The number of aromatic nitrogens is 2. The standard InChI is InChI=1S/C17H18N4O4S/c1-11(22)18-12-4-7-14(8-5-12)26(24,25)19-13-6-9-15-16(10-13)21(3)17(23)20(15)2/h4-10,19H,1-3H3,(H,18,22). The molecule has 3 aromatic rings. The van der Waals surface area contributed by atoms with Gasteiger partial charge in [-0.15, -0.1) is 0 Å². The molecule has 0 spiro atoms. The highest BCUT2D eigenvalue weighted by Crippen LogP contribution is 2.22. The SMILES string of the molecule is CC(=O)Nc1ccc(S(=O)(=O)Nc2ccc3c(c2)n(C)c(=O)n3C)cc1. The number of hydrogen-bond donors (Lipinski definition) is 2. The Bertz CT molecular complexity index is 1160. The molecular weight excluding hydrogens is 356 g/mol. The zero-order valence-corrected chi connectivity index (χ0v) is 15.3. The van der Waals surface area contributed by atoms with E-state index < -0.39 is 10.0 Å². The number of fused-ring (bicyclic) bond motifs is 1. The van der Waals surface area contributed by atoms with Gasteiger partial charge in [-0.25, -0.2) is 13.2 Å². The summed E-state index contributed by atoms with van der Waals surface area (Å²) < 4.78 is 30.6. The van der Waals surface area contributed by atoms with Crippen LogP contribution in [0.25, 0.3) is 11.0 Å². The van der Waals surface area contributed by atoms with Gasteiger partial charge in [0.1, 0.15) is 0 Å². The summed E-state index contributed by atoms with van der Waals surface area (Å²) in [6.07, 6.45) is 0. The summed E-state index contributed by atoms with van der Waals surface area (Å²) in [7, 11) is -0.514. The number of carbonyl (C=O) groups is 1. The summed E-state index contributed by atoms with van der Waals surface area (Å²) in [5.41, 5.74) is 2.01. The maximum atomic E-state index is 12.6. The van der Waals surface area contributed by atoms with Crippen molar-refractivity contribution in [2.75, 3.05) is 10.0 Å². The molecule has 2 aromatic carbocycles. The molecule has 0 saturated carbocycles. The van der Waals surface area contributed by atoms with E-state index in [1.54, 1.807) is 32.3 Å². The average molecular weight is 374 g/mol. The number of nitrogens with zero attached hydrogens (tertiary/aromatic N) is 2. The topological polar surface area (TPSA) is 102 Å². The number of amides is 1. The lowest BCUT2D eigenvalue weighted by Crippen LogP contribution is -2.19. The Kier molecular flexibility index (Phi) is 4.33. The fourth-order valence-corrected chi connectivity index (χ4v) is 3.75. The molecule has 0 radical (unpaired) electrons. The van der Waals surface area contributed by atoms with Crippen molar-refractivity contribution < 1.29 is 13.2 Å². The lowest BCUT2D eigenvalue weighted by atomic mass is 10.3. The summed E-state index contributed by atoms with van der Waals surface area (Å²) in [6.45, 7) is 1.37. The maximum absolute atomic E-state index is 12.6. The Morgan fingerprint density at radius 1 is 0.923 bits per heavy atom. The quantitative estimate of drug-likeness (QED) is 0.725. The van der Waals surface area contributed by atoms with Crippen LogP contribution in [0.5, 0.6) is 0 Å². The van der Waals surface area contributed by atoms with Crippen molar-refractivity contribution in [3.63, 3.8) is 0 Å². The second kappa shape index (κ2) is 6.34. The normalized spacial score (nSPS) is 11.5. The van der Waals surface area contributed by atoms with Gasteiger partial charge in [0.25, 0.3) is 10.0 Å². The first-order chi connectivity index (χ1) is 12.2. The van der Waals surface area contributed by atoms with Gasteiger partial charge < -0.3 is 5.32 Å². The smallest absolute Gasteiger partial charge is 0.326 e. The summed E-state index contributed by atoms with van der Waals surface area (Å²) in [6, 6.07) is 10.7. The highest BCUT2D eigenvalue weighted by molar-refractivity contribution is 7.92. The highest BCUT2D eigenvalue weighted by Gasteiger charge is 2.16. The Hall–Kier alpha value is -3.07. The van der Waals surface area contributed by atoms with Gasteiger partial charge in [0.05, 0.1) is 21.6 Å². The molecular formula is C17H18N4O4S. The highest BCUT2D eigenvalue weighted by atomic mass is 32.2. The van der Waals surface area contributed by atoms with Gasteiger partial charge in [-0.05, 0) is 42.5 Å². The van der Waals surface area contributed by atoms with E-state index in [9.17, 15) is 18.0 Å². The number of hydrogen-bond acceptors (Lipinski definition) is 4. The molecule has 0 aliphatic carbocycles. The van der Waals surface area contributed by atoms with Crippen LogP contribution in [0.2, 0.25) is 0 Å². The molecule has 136 valence electrons. The van der Waals surface area contributed by atoms with E-state index in [0.717, 1.165) is 0 Å². The predicted molar refractivity (Wildman–Crippen MR) is 99.7 cm³/mol. The third-order valence-electron chi connectivity index (χ3n) is 4.01. The molecule has 1 amide bonds. The van der Waals surface area contributed by atoms with Crippen LogP contribution in [-0.2, 0) is 28.9 Å². The fraction of sp³-hybridized carbons (Fsp3) is 0.176. The summed E-state index contributed by atoms with van der Waals surface area (Å²) >= 11 is 0. The second-order valence-electron chi connectivity index (χ2n) is 5.92. The van der Waals surface area contributed by atoms with Gasteiger partial charge in [0.15, 0.2) is 0 Å². The number of nitrogens with one attached hydrogen (secondary N) is 2. The Morgan fingerprint density at radius 2 is 1.50 bits per heavy atom. The van der Waals surface area contributed by atoms with Crippen LogP contribution >= 0.6 is 0 Å². The van der Waals surface area contributed by atoms with Crippen LogP contribution in [0, 0.1) is 0 Å².